The molecule has 2 heterocycles. The summed E-state index contributed by atoms with van der Waals surface area (Å²) in [7, 11) is 2.04. The quantitative estimate of drug-likeness (QED) is 0.838. The zero-order valence-corrected chi connectivity index (χ0v) is 14.2. The van der Waals surface area contributed by atoms with Gasteiger partial charge in [0.1, 0.15) is 0 Å². The van der Waals surface area contributed by atoms with Crippen molar-refractivity contribution in [2.45, 2.75) is 64.5 Å². The average Bonchev–Trinajstić information content (AvgIpc) is 2.89. The molecule has 0 bridgehead atoms. The molecule has 0 amide bonds. The summed E-state index contributed by atoms with van der Waals surface area (Å²) < 4.78 is 2.00. The van der Waals surface area contributed by atoms with Crippen molar-refractivity contribution >= 4 is 0 Å². The van der Waals surface area contributed by atoms with E-state index in [4.69, 9.17) is 0 Å². The van der Waals surface area contributed by atoms with Gasteiger partial charge < -0.3 is 5.32 Å². The minimum absolute atomic E-state index is 0.217. The van der Waals surface area contributed by atoms with Crippen molar-refractivity contribution in [3.63, 3.8) is 0 Å². The summed E-state index contributed by atoms with van der Waals surface area (Å²) in [6.07, 6.45) is 8.25. The lowest BCUT2D eigenvalue weighted by Crippen LogP contribution is -2.59. The van der Waals surface area contributed by atoms with E-state index in [-0.39, 0.29) is 5.54 Å². The van der Waals surface area contributed by atoms with E-state index in [1.54, 1.807) is 0 Å². The van der Waals surface area contributed by atoms with Crippen LogP contribution in [0.15, 0.2) is 12.3 Å². The molecule has 120 valence electrons. The third kappa shape index (κ3) is 4.07. The summed E-state index contributed by atoms with van der Waals surface area (Å²) in [6.45, 7) is 10.6. The van der Waals surface area contributed by atoms with E-state index in [1.165, 1.54) is 38.0 Å². The number of piperidine rings is 1. The molecule has 1 aromatic rings. The second-order valence-corrected chi connectivity index (χ2v) is 6.80. The van der Waals surface area contributed by atoms with Gasteiger partial charge in [0.2, 0.25) is 0 Å². The van der Waals surface area contributed by atoms with Gasteiger partial charge in [-0.15, -0.1) is 0 Å². The number of nitrogens with zero attached hydrogens (tertiary/aromatic N) is 3. The second kappa shape index (κ2) is 7.41. The third-order valence-corrected chi connectivity index (χ3v) is 5.09. The summed E-state index contributed by atoms with van der Waals surface area (Å²) in [5.41, 5.74) is 1.54. The molecule has 0 radical (unpaired) electrons. The first-order valence-electron chi connectivity index (χ1n) is 8.51. The van der Waals surface area contributed by atoms with Gasteiger partial charge >= 0.3 is 0 Å². The van der Waals surface area contributed by atoms with Crippen molar-refractivity contribution in [3.05, 3.63) is 18.0 Å². The van der Waals surface area contributed by atoms with E-state index >= 15 is 0 Å². The third-order valence-electron chi connectivity index (χ3n) is 5.09. The van der Waals surface area contributed by atoms with Gasteiger partial charge in [-0.25, -0.2) is 0 Å². The van der Waals surface area contributed by atoms with Gasteiger partial charge in [-0.3, -0.25) is 9.58 Å². The molecule has 1 saturated heterocycles. The number of hydrogen-bond donors (Lipinski definition) is 1. The molecule has 0 aromatic carbocycles. The van der Waals surface area contributed by atoms with Crippen molar-refractivity contribution in [3.8, 4) is 0 Å². The highest BCUT2D eigenvalue weighted by atomic mass is 15.3. The zero-order chi connectivity index (χ0) is 15.3. The lowest BCUT2D eigenvalue weighted by Gasteiger charge is -2.46. The fourth-order valence-electron chi connectivity index (χ4n) is 3.58. The lowest BCUT2D eigenvalue weighted by atomic mass is 9.86. The van der Waals surface area contributed by atoms with Gasteiger partial charge in [0, 0.05) is 30.5 Å². The average molecular weight is 292 g/mol. The van der Waals surface area contributed by atoms with Crippen molar-refractivity contribution < 1.29 is 0 Å². The smallest absolute Gasteiger partial charge is 0.0492 e. The number of aromatic nitrogens is 2. The fourth-order valence-corrected chi connectivity index (χ4v) is 3.58. The van der Waals surface area contributed by atoms with Gasteiger partial charge in [-0.05, 0) is 65.2 Å². The molecule has 2 rings (SSSR count). The Morgan fingerprint density at radius 2 is 2.00 bits per heavy atom. The number of aryl methyl sites for hydroxylation is 2. The molecule has 4 nitrogen and oxygen atoms in total. The monoisotopic (exact) mass is 292 g/mol. The molecule has 0 spiro atoms. The standard InChI is InChI=1S/C17H32N4/c1-5-18-16(10-9-15-11-12-19-20(15)4)17(2,3)21-13-7-6-8-14-21/h11-12,16,18H,5-10,13-14H2,1-4H3. The van der Waals surface area contributed by atoms with Crippen molar-refractivity contribution in [1.29, 1.82) is 0 Å². The Morgan fingerprint density at radius 1 is 1.29 bits per heavy atom. The highest BCUT2D eigenvalue weighted by molar-refractivity contribution is 5.03. The molecule has 21 heavy (non-hydrogen) atoms. The van der Waals surface area contributed by atoms with Gasteiger partial charge in [-0.2, -0.15) is 5.10 Å². The van der Waals surface area contributed by atoms with Gasteiger partial charge in [-0.1, -0.05) is 13.3 Å². The number of likely N-dealkylation sites (tertiary alicyclic amines) is 1. The Morgan fingerprint density at radius 3 is 2.57 bits per heavy atom. The highest BCUT2D eigenvalue weighted by Gasteiger charge is 2.35. The first kappa shape index (κ1) is 16.5. The number of hydrogen-bond acceptors (Lipinski definition) is 3. The van der Waals surface area contributed by atoms with Crippen molar-refractivity contribution in [1.82, 2.24) is 20.0 Å². The van der Waals surface area contributed by atoms with Gasteiger partial charge in [0.25, 0.3) is 0 Å². The maximum Gasteiger partial charge on any atom is 0.0492 e. The van der Waals surface area contributed by atoms with Crippen LogP contribution in [0.25, 0.3) is 0 Å². The summed E-state index contributed by atoms with van der Waals surface area (Å²) >= 11 is 0. The largest absolute Gasteiger partial charge is 0.312 e. The van der Waals surface area contributed by atoms with Gasteiger partial charge in [0.15, 0.2) is 0 Å². The molecule has 1 atom stereocenters. The number of nitrogens with one attached hydrogen (secondary N) is 1. The number of rotatable bonds is 7. The summed E-state index contributed by atoms with van der Waals surface area (Å²) in [5, 5.41) is 8.01. The molecule has 1 aliphatic heterocycles. The Bertz CT molecular complexity index is 418. The Balaban J connectivity index is 2.00. The van der Waals surface area contributed by atoms with E-state index in [9.17, 15) is 0 Å². The predicted molar refractivity (Wildman–Crippen MR) is 88.5 cm³/mol. The molecule has 4 heteroatoms. The van der Waals surface area contributed by atoms with Crippen LogP contribution in [0.4, 0.5) is 0 Å². The van der Waals surface area contributed by atoms with Crippen LogP contribution in [0.5, 0.6) is 0 Å². The zero-order valence-electron chi connectivity index (χ0n) is 14.2. The minimum atomic E-state index is 0.217. The van der Waals surface area contributed by atoms with E-state index in [0.717, 1.165) is 19.4 Å². The molecule has 1 aromatic heterocycles. The Kier molecular flexibility index (Phi) is 5.82. The summed E-state index contributed by atoms with van der Waals surface area (Å²) in [5.74, 6) is 0. The lowest BCUT2D eigenvalue weighted by molar-refractivity contribution is 0.0587. The minimum Gasteiger partial charge on any atom is -0.312 e. The van der Waals surface area contributed by atoms with E-state index in [0.29, 0.717) is 6.04 Å². The van der Waals surface area contributed by atoms with Crippen LogP contribution in [0.3, 0.4) is 0 Å². The summed E-state index contributed by atoms with van der Waals surface area (Å²) in [6, 6.07) is 2.66. The molecular formula is C17H32N4. The molecule has 0 saturated carbocycles. The van der Waals surface area contributed by atoms with Crippen LogP contribution in [0.1, 0.15) is 52.1 Å². The Labute approximate surface area is 129 Å². The van der Waals surface area contributed by atoms with Crippen LogP contribution < -0.4 is 5.32 Å². The molecule has 1 N–H and O–H groups in total. The topological polar surface area (TPSA) is 33.1 Å². The molecule has 1 unspecified atom stereocenters. The first-order valence-corrected chi connectivity index (χ1v) is 8.51. The Hall–Kier alpha value is -0.870. The van der Waals surface area contributed by atoms with Crippen LogP contribution in [0, 0.1) is 0 Å². The van der Waals surface area contributed by atoms with Crippen molar-refractivity contribution in [2.75, 3.05) is 19.6 Å². The first-order chi connectivity index (χ1) is 10.1. The maximum absolute atomic E-state index is 4.28. The van der Waals surface area contributed by atoms with Crippen molar-refractivity contribution in [2.24, 2.45) is 7.05 Å². The van der Waals surface area contributed by atoms with Crippen LogP contribution in [-0.2, 0) is 13.5 Å². The molecule has 1 aliphatic rings. The van der Waals surface area contributed by atoms with E-state index in [1.807, 2.05) is 17.9 Å². The predicted octanol–water partition coefficient (Wildman–Crippen LogP) is 2.60. The normalized spacial score (nSPS) is 18.9. The fraction of sp³-hybridized carbons (Fsp3) is 0.824. The molecule has 0 aliphatic carbocycles. The van der Waals surface area contributed by atoms with E-state index in [2.05, 4.69) is 42.2 Å². The highest BCUT2D eigenvalue weighted by Crippen LogP contribution is 2.26. The SMILES string of the molecule is CCNC(CCc1ccnn1C)C(C)(C)N1CCCCC1. The summed E-state index contributed by atoms with van der Waals surface area (Å²) in [4.78, 5) is 2.69. The van der Waals surface area contributed by atoms with Crippen LogP contribution >= 0.6 is 0 Å². The second-order valence-electron chi connectivity index (χ2n) is 6.80. The van der Waals surface area contributed by atoms with E-state index < -0.39 is 0 Å². The number of likely N-dealkylation sites (N-methyl/N-ethyl adjacent to an activating group) is 1. The molecule has 1 fully saturated rings. The van der Waals surface area contributed by atoms with Gasteiger partial charge in [0.05, 0.1) is 0 Å². The molecular weight excluding hydrogens is 260 g/mol. The van der Waals surface area contributed by atoms with Crippen LogP contribution in [0.2, 0.25) is 0 Å². The maximum atomic E-state index is 4.28. The van der Waals surface area contributed by atoms with Crippen LogP contribution in [-0.4, -0.2) is 45.9 Å².